The van der Waals surface area contributed by atoms with Crippen LogP contribution < -0.4 is 15.8 Å². The van der Waals surface area contributed by atoms with Gasteiger partial charge in [0.2, 0.25) is 5.91 Å². The number of carbonyl (C=O) groups is 3. The van der Waals surface area contributed by atoms with Crippen LogP contribution in [0.2, 0.25) is 0 Å². The van der Waals surface area contributed by atoms with Crippen LogP contribution in [0, 0.1) is 5.82 Å². The van der Waals surface area contributed by atoms with Crippen LogP contribution in [-0.2, 0) is 7.05 Å². The number of aromatic nitrogens is 3. The Morgan fingerprint density at radius 2 is 1.94 bits per heavy atom. The largest absolute Gasteiger partial charge is 0.497 e. The normalized spacial score (nSPS) is 10.9. The summed E-state index contributed by atoms with van der Waals surface area (Å²) in [5, 5.41) is 6.51. The zero-order valence-electron chi connectivity index (χ0n) is 18.0. The predicted molar refractivity (Wildman–Crippen MR) is 119 cm³/mol. The Morgan fingerprint density at radius 1 is 1.18 bits per heavy atom. The maximum Gasteiger partial charge on any atom is 0.258 e. The summed E-state index contributed by atoms with van der Waals surface area (Å²) in [6, 6.07) is 5.72. The van der Waals surface area contributed by atoms with Crippen molar-refractivity contribution in [3.05, 3.63) is 71.6 Å². The lowest BCUT2D eigenvalue weighted by Gasteiger charge is -2.12. The minimum Gasteiger partial charge on any atom is -0.497 e. The number of fused-ring (bicyclic) bond motifs is 1. The van der Waals surface area contributed by atoms with Gasteiger partial charge in [-0.3, -0.25) is 19.1 Å². The predicted octanol–water partition coefficient (Wildman–Crippen LogP) is 3.04. The number of nitrogens with one attached hydrogen (secondary N) is 1. The van der Waals surface area contributed by atoms with Crippen molar-refractivity contribution in [1.29, 1.82) is 0 Å². The smallest absolute Gasteiger partial charge is 0.258 e. The Hall–Kier alpha value is -4.47. The van der Waals surface area contributed by atoms with Crippen LogP contribution in [0.1, 0.15) is 38.0 Å². The number of primary amides is 1. The second kappa shape index (κ2) is 8.23. The summed E-state index contributed by atoms with van der Waals surface area (Å²) in [5.41, 5.74) is 6.21. The third-order valence-corrected chi connectivity index (χ3v) is 5.21. The average Bonchev–Trinajstić information content (AvgIpc) is 3.38. The first-order chi connectivity index (χ1) is 15.7. The molecule has 0 bridgehead atoms. The van der Waals surface area contributed by atoms with E-state index in [1.165, 1.54) is 37.2 Å². The fraction of sp³-hybridized carbons (Fsp3) is 0.130. The quantitative estimate of drug-likeness (QED) is 0.438. The molecule has 0 saturated carbocycles. The van der Waals surface area contributed by atoms with Crippen LogP contribution in [0.5, 0.6) is 5.75 Å². The van der Waals surface area contributed by atoms with E-state index in [4.69, 9.17) is 10.5 Å². The van der Waals surface area contributed by atoms with E-state index in [0.29, 0.717) is 16.8 Å². The molecule has 0 saturated heterocycles. The van der Waals surface area contributed by atoms with Crippen molar-refractivity contribution in [3.63, 3.8) is 0 Å². The number of hydrogen-bond acceptors (Lipinski definition) is 5. The third kappa shape index (κ3) is 3.93. The van der Waals surface area contributed by atoms with Crippen LogP contribution in [0.3, 0.4) is 0 Å². The first-order valence-corrected chi connectivity index (χ1v) is 9.83. The summed E-state index contributed by atoms with van der Waals surface area (Å²) in [5.74, 6) is -2.16. The van der Waals surface area contributed by atoms with E-state index in [1.807, 2.05) is 0 Å². The molecule has 168 valence electrons. The first kappa shape index (κ1) is 21.8. The summed E-state index contributed by atoms with van der Waals surface area (Å²) < 4.78 is 23.7. The fourth-order valence-electron chi connectivity index (χ4n) is 3.59. The fourth-order valence-corrected chi connectivity index (χ4v) is 3.59. The molecule has 0 fully saturated rings. The van der Waals surface area contributed by atoms with Gasteiger partial charge in [0.25, 0.3) is 5.91 Å². The summed E-state index contributed by atoms with van der Waals surface area (Å²) >= 11 is 0. The number of pyridine rings is 1. The number of aryl methyl sites for hydroxylation is 1. The Bertz CT molecular complexity index is 1440. The maximum atomic E-state index is 15.4. The molecule has 2 amide bonds. The third-order valence-electron chi connectivity index (χ3n) is 5.21. The monoisotopic (exact) mass is 449 g/mol. The Balaban J connectivity index is 1.84. The van der Waals surface area contributed by atoms with E-state index in [9.17, 15) is 14.4 Å². The minimum absolute atomic E-state index is 0.000697. The molecule has 0 aliphatic carbocycles. The molecule has 3 heterocycles. The second-order valence-corrected chi connectivity index (χ2v) is 7.44. The van der Waals surface area contributed by atoms with E-state index in [1.54, 1.807) is 36.0 Å². The highest BCUT2D eigenvalue weighted by Gasteiger charge is 2.24. The molecular formula is C23H20FN5O4. The number of hydrogen-bond donors (Lipinski definition) is 2. The van der Waals surface area contributed by atoms with Crippen molar-refractivity contribution in [2.45, 2.75) is 6.92 Å². The average molecular weight is 449 g/mol. The number of Topliss-reactive ketones (excluding diaryl/α,β-unsaturated/α-hetero) is 1. The zero-order chi connectivity index (χ0) is 23.9. The van der Waals surface area contributed by atoms with Gasteiger partial charge in [-0.25, -0.2) is 4.39 Å². The molecule has 33 heavy (non-hydrogen) atoms. The number of benzene rings is 1. The lowest BCUT2D eigenvalue weighted by atomic mass is 10.0. The number of carbonyl (C=O) groups excluding carboxylic acids is 3. The number of ether oxygens (including phenoxy) is 1. The van der Waals surface area contributed by atoms with Gasteiger partial charge in [-0.1, -0.05) is 0 Å². The first-order valence-electron chi connectivity index (χ1n) is 9.83. The van der Waals surface area contributed by atoms with Gasteiger partial charge in [-0.05, 0) is 25.1 Å². The summed E-state index contributed by atoms with van der Waals surface area (Å²) in [6.07, 6.45) is 6.15. The van der Waals surface area contributed by atoms with Crippen molar-refractivity contribution in [2.24, 2.45) is 12.8 Å². The highest BCUT2D eigenvalue weighted by Crippen LogP contribution is 2.31. The SMILES string of the molecule is COc1ccn2cc(C(C)=O)c(C(=O)Nc3cc(C(N)=O)cc(-c4cnn(C)c4)c3F)c2c1. The highest BCUT2D eigenvalue weighted by molar-refractivity contribution is 6.17. The molecule has 9 nitrogen and oxygen atoms in total. The van der Waals surface area contributed by atoms with Crippen molar-refractivity contribution in [3.8, 4) is 16.9 Å². The lowest BCUT2D eigenvalue weighted by Crippen LogP contribution is -2.18. The van der Waals surface area contributed by atoms with Crippen molar-refractivity contribution in [1.82, 2.24) is 14.2 Å². The van der Waals surface area contributed by atoms with Crippen LogP contribution in [0.25, 0.3) is 16.6 Å². The van der Waals surface area contributed by atoms with E-state index in [-0.39, 0.29) is 33.7 Å². The summed E-state index contributed by atoms with van der Waals surface area (Å²) in [6.45, 7) is 1.33. The molecule has 0 aliphatic rings. The van der Waals surface area contributed by atoms with Gasteiger partial charge in [0.1, 0.15) is 5.75 Å². The van der Waals surface area contributed by atoms with Gasteiger partial charge >= 0.3 is 0 Å². The number of nitrogens with zero attached hydrogens (tertiary/aromatic N) is 3. The number of ketones is 1. The molecule has 0 atom stereocenters. The molecule has 0 unspecified atom stereocenters. The van der Waals surface area contributed by atoms with E-state index in [2.05, 4.69) is 10.4 Å². The standard InChI is InChI=1S/C23H20FN5O4/c1-12(30)17-11-29-5-4-15(33-3)8-19(29)20(17)23(32)27-18-7-13(22(25)31)6-16(21(18)24)14-9-26-28(2)10-14/h4-11H,1-3H3,(H2,25,31)(H,27,32). The Kier molecular flexibility index (Phi) is 5.42. The lowest BCUT2D eigenvalue weighted by molar-refractivity contribution is 0.0987. The van der Waals surface area contributed by atoms with Crippen LogP contribution >= 0.6 is 0 Å². The second-order valence-electron chi connectivity index (χ2n) is 7.44. The van der Waals surface area contributed by atoms with Gasteiger partial charge in [0.15, 0.2) is 11.6 Å². The van der Waals surface area contributed by atoms with E-state index >= 15 is 4.39 Å². The van der Waals surface area contributed by atoms with Gasteiger partial charge < -0.3 is 20.2 Å². The molecule has 3 N–H and O–H groups in total. The van der Waals surface area contributed by atoms with Gasteiger partial charge in [-0.2, -0.15) is 5.10 Å². The number of anilines is 1. The summed E-state index contributed by atoms with van der Waals surface area (Å²) in [4.78, 5) is 37.4. The summed E-state index contributed by atoms with van der Waals surface area (Å²) in [7, 11) is 3.14. The molecule has 0 radical (unpaired) electrons. The number of methoxy groups -OCH3 is 1. The van der Waals surface area contributed by atoms with E-state index < -0.39 is 17.6 Å². The van der Waals surface area contributed by atoms with Gasteiger partial charge in [-0.15, -0.1) is 0 Å². The number of nitrogens with two attached hydrogens (primary N) is 1. The number of amides is 2. The number of halogens is 1. The highest BCUT2D eigenvalue weighted by atomic mass is 19.1. The zero-order valence-corrected chi connectivity index (χ0v) is 18.0. The Labute approximate surface area is 187 Å². The van der Waals surface area contributed by atoms with Crippen LogP contribution in [0.4, 0.5) is 10.1 Å². The van der Waals surface area contributed by atoms with Crippen molar-refractivity contribution < 1.29 is 23.5 Å². The van der Waals surface area contributed by atoms with Gasteiger partial charge in [0.05, 0.1) is 30.1 Å². The minimum atomic E-state index is -0.792. The molecule has 0 aliphatic heterocycles. The van der Waals surface area contributed by atoms with E-state index in [0.717, 1.165) is 6.07 Å². The maximum absolute atomic E-state index is 15.4. The number of rotatable bonds is 6. The van der Waals surface area contributed by atoms with Crippen LogP contribution in [-0.4, -0.2) is 38.9 Å². The Morgan fingerprint density at radius 3 is 2.55 bits per heavy atom. The molecule has 3 aromatic heterocycles. The molecular weight excluding hydrogens is 429 g/mol. The molecule has 4 aromatic rings. The van der Waals surface area contributed by atoms with Gasteiger partial charge in [0, 0.05) is 54.0 Å². The van der Waals surface area contributed by atoms with Crippen molar-refractivity contribution in [2.75, 3.05) is 12.4 Å². The van der Waals surface area contributed by atoms with Crippen LogP contribution in [0.15, 0.2) is 49.1 Å². The molecule has 4 rings (SSSR count). The molecule has 10 heteroatoms. The molecule has 1 aromatic carbocycles. The molecule has 0 spiro atoms. The topological polar surface area (TPSA) is 121 Å². The van der Waals surface area contributed by atoms with Crippen molar-refractivity contribution >= 4 is 28.8 Å².